The molecule has 16 heteroatoms. The fourth-order valence-corrected chi connectivity index (χ4v) is 5.69. The van der Waals surface area contributed by atoms with E-state index < -0.39 is 49.1 Å². The van der Waals surface area contributed by atoms with Crippen LogP contribution < -0.4 is 4.52 Å². The molecule has 0 spiro atoms. The van der Waals surface area contributed by atoms with Crippen LogP contribution in [0.25, 0.3) is 0 Å². The Morgan fingerprint density at radius 3 is 1.14 bits per heavy atom. The van der Waals surface area contributed by atoms with Crippen molar-refractivity contribution in [3.63, 3.8) is 0 Å². The van der Waals surface area contributed by atoms with Gasteiger partial charge < -0.3 is 0 Å². The average Bonchev–Trinajstić information content (AvgIpc) is 2.29. The third-order valence-corrected chi connectivity index (χ3v) is 6.94. The van der Waals surface area contributed by atoms with Crippen molar-refractivity contribution in [3.8, 4) is 5.75 Å². The van der Waals surface area contributed by atoms with E-state index in [1.807, 2.05) is 0 Å². The summed E-state index contributed by atoms with van der Waals surface area (Å²) in [7, 11) is -9.31. The molecule has 28 heavy (non-hydrogen) atoms. The number of hydrogen-bond donors (Lipinski definition) is 2. The number of hydrogen-bond acceptors (Lipinski definition) is 3. The molecule has 1 aromatic carbocycles. The second-order valence-corrected chi connectivity index (χ2v) is 8.81. The van der Waals surface area contributed by atoms with E-state index in [2.05, 4.69) is 4.52 Å². The number of halogens is 12. The minimum absolute atomic E-state index is 0.349. The molecular weight excluding hydrogens is 451 g/mol. The van der Waals surface area contributed by atoms with Crippen LogP contribution >= 0.6 is 7.28 Å². The third kappa shape index (κ3) is 4.92. The van der Waals surface area contributed by atoms with Crippen molar-refractivity contribution < 1.29 is 67.0 Å². The SMILES string of the molecule is OP(O)(Oc1ccccc1)(C(C(F)(F)F)C(F)(F)F)C(C(F)(F)F)C(F)(F)F. The summed E-state index contributed by atoms with van der Waals surface area (Å²) in [5, 5.41) is 0. The Kier molecular flexibility index (Phi) is 5.97. The molecule has 2 N–H and O–H groups in total. The number of para-hydroxylation sites is 1. The van der Waals surface area contributed by atoms with Crippen molar-refractivity contribution >= 4 is 7.28 Å². The summed E-state index contributed by atoms with van der Waals surface area (Å²) < 4.78 is 159. The molecule has 3 nitrogen and oxygen atoms in total. The van der Waals surface area contributed by atoms with Gasteiger partial charge in [-0.3, -0.25) is 0 Å². The van der Waals surface area contributed by atoms with E-state index in [9.17, 15) is 62.5 Å². The molecule has 0 saturated heterocycles. The van der Waals surface area contributed by atoms with Crippen LogP contribution in [-0.4, -0.2) is 45.8 Å². The summed E-state index contributed by atoms with van der Waals surface area (Å²) in [6.45, 7) is 0. The van der Waals surface area contributed by atoms with Gasteiger partial charge in [0.1, 0.15) is 0 Å². The van der Waals surface area contributed by atoms with Crippen molar-refractivity contribution in [1.82, 2.24) is 0 Å². The van der Waals surface area contributed by atoms with E-state index >= 15 is 0 Å². The maximum absolute atomic E-state index is 13.0. The summed E-state index contributed by atoms with van der Waals surface area (Å²) >= 11 is 0. The Morgan fingerprint density at radius 2 is 0.893 bits per heavy atom. The molecule has 0 saturated carbocycles. The van der Waals surface area contributed by atoms with E-state index in [1.165, 1.54) is 0 Å². The molecule has 0 atom stereocenters. The van der Waals surface area contributed by atoms with Gasteiger partial charge in [0.2, 0.25) is 0 Å². The summed E-state index contributed by atoms with van der Waals surface area (Å²) in [4.78, 5) is 19.6. The molecule has 0 fully saturated rings. The van der Waals surface area contributed by atoms with Crippen molar-refractivity contribution in [3.05, 3.63) is 30.3 Å². The van der Waals surface area contributed by atoms with Crippen molar-refractivity contribution in [2.45, 2.75) is 36.0 Å². The molecule has 0 amide bonds. The second kappa shape index (κ2) is 6.80. The summed E-state index contributed by atoms with van der Waals surface area (Å²) in [5.41, 5.74) is -11.8. The van der Waals surface area contributed by atoms with Crippen LogP contribution in [0.1, 0.15) is 0 Å². The Morgan fingerprint density at radius 1 is 0.607 bits per heavy atom. The Labute approximate surface area is 147 Å². The molecular formula is C12H9F12O3P. The fourth-order valence-electron chi connectivity index (χ4n) is 2.42. The van der Waals surface area contributed by atoms with Crippen LogP contribution in [-0.2, 0) is 0 Å². The topological polar surface area (TPSA) is 49.7 Å². The molecule has 0 radical (unpaired) electrons. The van der Waals surface area contributed by atoms with Crippen LogP contribution in [0.2, 0.25) is 0 Å². The Balaban J connectivity index is 3.99. The monoisotopic (exact) mass is 460 g/mol. The molecule has 0 aliphatic carbocycles. The van der Waals surface area contributed by atoms with E-state index in [0.717, 1.165) is 18.2 Å². The van der Waals surface area contributed by atoms with Crippen molar-refractivity contribution in [2.75, 3.05) is 0 Å². The van der Waals surface area contributed by atoms with Crippen LogP contribution in [0.4, 0.5) is 52.7 Å². The molecule has 1 aromatic rings. The van der Waals surface area contributed by atoms with Gasteiger partial charge in [-0.25, -0.2) is 0 Å². The predicted octanol–water partition coefficient (Wildman–Crippen LogP) is 5.33. The van der Waals surface area contributed by atoms with Crippen LogP contribution in [0, 0.1) is 0 Å². The van der Waals surface area contributed by atoms with Gasteiger partial charge in [0, 0.05) is 0 Å². The fraction of sp³-hybridized carbons (Fsp3) is 0.500. The summed E-state index contributed by atoms with van der Waals surface area (Å²) in [5.74, 6) is -1.48. The molecule has 0 aromatic heterocycles. The molecule has 0 aliphatic heterocycles. The van der Waals surface area contributed by atoms with E-state index in [0.29, 0.717) is 12.1 Å². The van der Waals surface area contributed by atoms with Gasteiger partial charge in [-0.1, -0.05) is 0 Å². The van der Waals surface area contributed by atoms with Gasteiger partial charge in [0.05, 0.1) is 0 Å². The Hall–Kier alpha value is -1.47. The predicted molar refractivity (Wildman–Crippen MR) is 70.2 cm³/mol. The maximum atomic E-state index is 13.0. The zero-order chi connectivity index (χ0) is 22.4. The minimum atomic E-state index is -9.31. The zero-order valence-corrected chi connectivity index (χ0v) is 13.7. The average molecular weight is 460 g/mol. The van der Waals surface area contributed by atoms with Crippen LogP contribution in [0.3, 0.4) is 0 Å². The number of rotatable bonds is 4. The van der Waals surface area contributed by atoms with Crippen molar-refractivity contribution in [1.29, 1.82) is 0 Å². The quantitative estimate of drug-likeness (QED) is 0.472. The molecule has 0 unspecified atom stereocenters. The standard InChI is InChI=1S/C12H9F12O3P/c13-9(14,15)7(10(16,17)18)28(25,26,27-6-4-2-1-3-5-6)8(11(19,20)21)12(22,23)24/h1-5,7-8,25-26H. The number of benzene rings is 1. The molecule has 0 heterocycles. The summed E-state index contributed by atoms with van der Waals surface area (Å²) in [6.07, 6.45) is -28.0. The van der Waals surface area contributed by atoms with E-state index in [4.69, 9.17) is 0 Å². The molecule has 0 aliphatic rings. The third-order valence-electron chi connectivity index (χ3n) is 3.25. The second-order valence-electron chi connectivity index (χ2n) is 5.45. The van der Waals surface area contributed by atoms with Gasteiger partial charge in [-0.2, -0.15) is 0 Å². The van der Waals surface area contributed by atoms with Crippen LogP contribution in [0.5, 0.6) is 5.75 Å². The zero-order valence-electron chi connectivity index (χ0n) is 12.8. The first kappa shape index (κ1) is 24.6. The summed E-state index contributed by atoms with van der Waals surface area (Å²) in [6, 6.07) is 3.21. The van der Waals surface area contributed by atoms with Gasteiger partial charge in [-0.15, -0.1) is 0 Å². The number of alkyl halides is 12. The van der Waals surface area contributed by atoms with E-state index in [1.54, 1.807) is 0 Å². The molecule has 1 rings (SSSR count). The molecule has 0 bridgehead atoms. The van der Waals surface area contributed by atoms with Gasteiger partial charge in [-0.05, 0) is 0 Å². The van der Waals surface area contributed by atoms with Crippen LogP contribution in [0.15, 0.2) is 30.3 Å². The van der Waals surface area contributed by atoms with Crippen molar-refractivity contribution in [2.24, 2.45) is 0 Å². The first-order valence-electron chi connectivity index (χ1n) is 6.64. The first-order valence-corrected chi connectivity index (χ1v) is 8.83. The van der Waals surface area contributed by atoms with Gasteiger partial charge in [0.15, 0.2) is 0 Å². The van der Waals surface area contributed by atoms with E-state index in [-0.39, 0.29) is 0 Å². The Bertz CT molecular complexity index is 612. The van der Waals surface area contributed by atoms with Gasteiger partial charge >= 0.3 is 146 Å². The normalized spacial score (nSPS) is 16.2. The van der Waals surface area contributed by atoms with Gasteiger partial charge in [0.25, 0.3) is 0 Å². The first-order chi connectivity index (χ1) is 12.1. The molecule has 164 valence electrons.